The van der Waals surface area contributed by atoms with Crippen molar-refractivity contribution in [1.82, 2.24) is 19.4 Å². The Morgan fingerprint density at radius 3 is 2.48 bits per heavy atom. The van der Waals surface area contributed by atoms with Crippen LogP contribution in [0.2, 0.25) is 0 Å². The van der Waals surface area contributed by atoms with Crippen LogP contribution in [0.1, 0.15) is 51.3 Å². The molecule has 0 spiro atoms. The molecule has 1 amide bonds. The van der Waals surface area contributed by atoms with Gasteiger partial charge in [0, 0.05) is 63.3 Å². The van der Waals surface area contributed by atoms with Gasteiger partial charge in [-0.1, -0.05) is 19.8 Å². The van der Waals surface area contributed by atoms with E-state index in [2.05, 4.69) is 16.8 Å². The van der Waals surface area contributed by atoms with Crippen LogP contribution in [0.25, 0.3) is 0 Å². The average Bonchev–Trinajstić information content (AvgIpc) is 3.23. The van der Waals surface area contributed by atoms with Crippen LogP contribution in [0.3, 0.4) is 0 Å². The number of likely N-dealkylation sites (tertiary alicyclic amines) is 1. The average molecular weight is 457 g/mol. The second-order valence-electron chi connectivity index (χ2n) is 8.02. The number of halogens is 1. The highest BCUT2D eigenvalue weighted by atomic mass is 35.5. The lowest BCUT2D eigenvalue weighted by Crippen LogP contribution is -2.50. The van der Waals surface area contributed by atoms with E-state index in [0.29, 0.717) is 24.7 Å². The summed E-state index contributed by atoms with van der Waals surface area (Å²) in [6.45, 7) is 7.25. The number of hydrogen-bond acceptors (Lipinski definition) is 5. The summed E-state index contributed by atoms with van der Waals surface area (Å²) in [5.41, 5.74) is 0. The van der Waals surface area contributed by atoms with E-state index in [4.69, 9.17) is 21.4 Å². The number of rotatable bonds is 9. The van der Waals surface area contributed by atoms with E-state index in [9.17, 15) is 9.59 Å². The van der Waals surface area contributed by atoms with Crippen LogP contribution in [0.4, 0.5) is 0 Å². The number of hydrogen-bond donors (Lipinski definition) is 1. The van der Waals surface area contributed by atoms with Gasteiger partial charge in [-0.15, -0.1) is 11.6 Å². The summed E-state index contributed by atoms with van der Waals surface area (Å²) in [5, 5.41) is 8.89. The van der Waals surface area contributed by atoms with Gasteiger partial charge in [0.15, 0.2) is 0 Å². The number of aryl methyl sites for hydroxylation is 1. The van der Waals surface area contributed by atoms with Crippen LogP contribution in [-0.4, -0.2) is 87.6 Å². The van der Waals surface area contributed by atoms with Gasteiger partial charge in [-0.3, -0.25) is 14.5 Å². The summed E-state index contributed by atoms with van der Waals surface area (Å²) in [7, 11) is 0. The summed E-state index contributed by atoms with van der Waals surface area (Å²) in [5.74, 6) is 0.702. The number of aliphatic carboxylic acids is 1. The third-order valence-electron chi connectivity index (χ3n) is 5.79. The monoisotopic (exact) mass is 456 g/mol. The number of unbranched alkanes of at least 4 members (excludes halogenated alkanes) is 2. The van der Waals surface area contributed by atoms with Crippen molar-refractivity contribution in [2.45, 2.75) is 64.5 Å². The lowest BCUT2D eigenvalue weighted by molar-refractivity contribution is -0.137. The van der Waals surface area contributed by atoms with Crippen molar-refractivity contribution < 1.29 is 19.4 Å². The first-order chi connectivity index (χ1) is 15.0. The van der Waals surface area contributed by atoms with Crippen LogP contribution < -0.4 is 0 Å². The van der Waals surface area contributed by atoms with E-state index >= 15 is 0 Å². The maximum absolute atomic E-state index is 12.4. The molecule has 2 aliphatic rings. The van der Waals surface area contributed by atoms with Gasteiger partial charge >= 0.3 is 5.97 Å². The lowest BCUT2D eigenvalue weighted by atomic mass is 10.0. The zero-order valence-corrected chi connectivity index (χ0v) is 19.4. The fourth-order valence-corrected chi connectivity index (χ4v) is 4.19. The minimum Gasteiger partial charge on any atom is -0.480 e. The Labute approximate surface area is 190 Å². The molecule has 0 atom stereocenters. The molecule has 1 aromatic rings. The van der Waals surface area contributed by atoms with Crippen molar-refractivity contribution in [3.63, 3.8) is 0 Å². The molecule has 3 rings (SSSR count). The van der Waals surface area contributed by atoms with Crippen molar-refractivity contribution in [1.29, 1.82) is 0 Å². The molecule has 176 valence electrons. The van der Waals surface area contributed by atoms with E-state index < -0.39 is 5.97 Å². The second-order valence-corrected chi connectivity index (χ2v) is 8.40. The molecule has 31 heavy (non-hydrogen) atoms. The first kappa shape index (κ1) is 25.6. The van der Waals surface area contributed by atoms with Crippen LogP contribution >= 0.6 is 11.6 Å². The molecule has 1 aromatic heterocycles. The molecule has 0 radical (unpaired) electrons. The number of nitrogens with zero attached hydrogens (tertiary/aromatic N) is 4. The summed E-state index contributed by atoms with van der Waals surface area (Å²) < 4.78 is 6.98. The predicted octanol–water partition coefficient (Wildman–Crippen LogP) is 2.64. The maximum atomic E-state index is 12.4. The molecule has 0 aromatic carbocycles. The van der Waals surface area contributed by atoms with Crippen molar-refractivity contribution in [2.75, 3.05) is 45.3 Å². The molecule has 0 saturated carbocycles. The van der Waals surface area contributed by atoms with Crippen LogP contribution in [0.5, 0.6) is 0 Å². The number of carboxylic acids is 1. The molecule has 0 bridgehead atoms. The fraction of sp³-hybridized carbons (Fsp3) is 0.773. The molecule has 2 aliphatic heterocycles. The van der Waals surface area contributed by atoms with Gasteiger partial charge in [-0.2, -0.15) is 0 Å². The number of carbonyl (C=O) groups excluding carboxylic acids is 1. The Hall–Kier alpha value is -1.64. The van der Waals surface area contributed by atoms with Crippen LogP contribution in [0.15, 0.2) is 12.4 Å². The normalized spacial score (nSPS) is 17.8. The predicted molar refractivity (Wildman–Crippen MR) is 120 cm³/mol. The SMILES string of the molecule is CCCCCCl.O=C(O)Cn1ccnc1CCC(=O)N1CCC(N2CCOCC2)CC1. The van der Waals surface area contributed by atoms with E-state index in [1.54, 1.807) is 17.0 Å². The number of morpholine rings is 1. The summed E-state index contributed by atoms with van der Waals surface area (Å²) in [4.78, 5) is 31.9. The van der Waals surface area contributed by atoms with Gasteiger partial charge in [0.2, 0.25) is 5.91 Å². The zero-order valence-electron chi connectivity index (χ0n) is 18.7. The van der Waals surface area contributed by atoms with Gasteiger partial charge in [0.05, 0.1) is 13.2 Å². The molecular weight excluding hydrogens is 420 g/mol. The fourth-order valence-electron chi connectivity index (χ4n) is 4.00. The number of aromatic nitrogens is 2. The van der Waals surface area contributed by atoms with Crippen molar-refractivity contribution in [3.05, 3.63) is 18.2 Å². The molecule has 0 unspecified atom stereocenters. The van der Waals surface area contributed by atoms with Crippen LogP contribution in [0, 0.1) is 0 Å². The third-order valence-corrected chi connectivity index (χ3v) is 6.05. The number of alkyl halides is 1. The lowest BCUT2D eigenvalue weighted by Gasteiger charge is -2.40. The quantitative estimate of drug-likeness (QED) is 0.454. The Balaban J connectivity index is 0.000000501. The number of ether oxygens (including phenoxy) is 1. The van der Waals surface area contributed by atoms with Gasteiger partial charge in [-0.25, -0.2) is 4.98 Å². The van der Waals surface area contributed by atoms with E-state index in [-0.39, 0.29) is 12.5 Å². The van der Waals surface area contributed by atoms with Gasteiger partial charge in [0.1, 0.15) is 12.4 Å². The molecule has 1 N–H and O–H groups in total. The van der Waals surface area contributed by atoms with Gasteiger partial charge in [0.25, 0.3) is 0 Å². The van der Waals surface area contributed by atoms with Crippen LogP contribution in [-0.2, 0) is 27.3 Å². The summed E-state index contributed by atoms with van der Waals surface area (Å²) in [6.07, 6.45) is 9.83. The van der Waals surface area contributed by atoms with Gasteiger partial charge < -0.3 is 19.3 Å². The molecular formula is C22H37ClN4O4. The number of amides is 1. The summed E-state index contributed by atoms with van der Waals surface area (Å²) in [6, 6.07) is 0.558. The third kappa shape index (κ3) is 9.17. The smallest absolute Gasteiger partial charge is 0.323 e. The minimum absolute atomic E-state index is 0.117. The number of carboxylic acid groups (broad SMARTS) is 1. The van der Waals surface area contributed by atoms with E-state index in [0.717, 1.165) is 58.1 Å². The highest BCUT2D eigenvalue weighted by molar-refractivity contribution is 6.17. The Bertz CT molecular complexity index is 652. The first-order valence-electron chi connectivity index (χ1n) is 11.4. The standard InChI is InChI=1S/C17H26N4O4.C5H11Cl/c22-16(2-1-15-18-5-8-21(15)13-17(23)24)20-6-3-14(4-7-20)19-9-11-25-12-10-19;1-2-3-4-5-6/h5,8,14H,1-4,6-7,9-13H2,(H,23,24);2-5H2,1H3. The second kappa shape index (κ2) is 14.4. The van der Waals surface area contributed by atoms with E-state index in [1.807, 2.05) is 4.90 Å². The van der Waals surface area contributed by atoms with E-state index in [1.165, 1.54) is 19.3 Å². The highest BCUT2D eigenvalue weighted by Crippen LogP contribution is 2.18. The van der Waals surface area contributed by atoms with Crippen molar-refractivity contribution in [2.24, 2.45) is 0 Å². The number of piperidine rings is 1. The summed E-state index contributed by atoms with van der Waals surface area (Å²) >= 11 is 5.38. The molecule has 2 saturated heterocycles. The molecule has 3 heterocycles. The minimum atomic E-state index is -0.907. The Morgan fingerprint density at radius 2 is 1.90 bits per heavy atom. The maximum Gasteiger partial charge on any atom is 0.323 e. The highest BCUT2D eigenvalue weighted by Gasteiger charge is 2.27. The number of carbonyl (C=O) groups is 2. The van der Waals surface area contributed by atoms with Crippen molar-refractivity contribution in [3.8, 4) is 0 Å². The first-order valence-corrected chi connectivity index (χ1v) is 12.0. The largest absolute Gasteiger partial charge is 0.480 e. The van der Waals surface area contributed by atoms with Gasteiger partial charge in [-0.05, 0) is 19.3 Å². The Morgan fingerprint density at radius 1 is 1.19 bits per heavy atom. The molecule has 0 aliphatic carbocycles. The zero-order chi connectivity index (χ0) is 22.5. The topological polar surface area (TPSA) is 87.9 Å². The molecule has 9 heteroatoms. The molecule has 2 fully saturated rings. The molecule has 8 nitrogen and oxygen atoms in total. The number of imidazole rings is 1. The van der Waals surface area contributed by atoms with Crippen molar-refractivity contribution >= 4 is 23.5 Å². The Kier molecular flexibility index (Phi) is 11.9.